The summed E-state index contributed by atoms with van der Waals surface area (Å²) in [6.07, 6.45) is 2.66. The molecule has 0 saturated carbocycles. The van der Waals surface area contributed by atoms with E-state index in [0.717, 1.165) is 18.1 Å². The molecule has 0 atom stereocenters. The summed E-state index contributed by atoms with van der Waals surface area (Å²) >= 11 is 6.36. The highest BCUT2D eigenvalue weighted by Crippen LogP contribution is 2.34. The molecule has 0 bridgehead atoms. The van der Waals surface area contributed by atoms with Crippen LogP contribution < -0.4 is 15.4 Å². The van der Waals surface area contributed by atoms with Gasteiger partial charge in [-0.2, -0.15) is 4.98 Å². The number of halogens is 3. The van der Waals surface area contributed by atoms with Gasteiger partial charge < -0.3 is 15.4 Å². The number of sulfone groups is 1. The number of rotatable bonds is 9. The molecule has 0 fully saturated rings. The van der Waals surface area contributed by atoms with Crippen LogP contribution in [-0.4, -0.2) is 61.2 Å². The molecule has 1 aromatic heterocycles. The fraction of sp³-hybridized carbons (Fsp3) is 0.407. The maximum atomic E-state index is 13.6. The summed E-state index contributed by atoms with van der Waals surface area (Å²) in [7, 11) is -2.01. The zero-order chi connectivity index (χ0) is 28.4. The molecule has 0 unspecified atom stereocenters. The van der Waals surface area contributed by atoms with Gasteiger partial charge in [0.25, 0.3) is 5.92 Å². The lowest BCUT2D eigenvalue weighted by Crippen LogP contribution is -2.36. The minimum atomic E-state index is -3.56. The Kier molecular flexibility index (Phi) is 8.63. The van der Waals surface area contributed by atoms with Crippen LogP contribution in [0.1, 0.15) is 31.9 Å². The van der Waals surface area contributed by atoms with Gasteiger partial charge in [0.05, 0.1) is 41.4 Å². The average Bonchev–Trinajstić information content (AvgIpc) is 3.06. The lowest BCUT2D eigenvalue weighted by molar-refractivity contribution is -0.0133. The zero-order valence-corrected chi connectivity index (χ0v) is 23.8. The van der Waals surface area contributed by atoms with E-state index in [1.54, 1.807) is 44.1 Å². The summed E-state index contributed by atoms with van der Waals surface area (Å²) in [5, 5.41) is 5.80. The van der Waals surface area contributed by atoms with Crippen molar-refractivity contribution in [1.29, 1.82) is 0 Å². The highest BCUT2D eigenvalue weighted by Gasteiger charge is 2.27. The number of methoxy groups -OCH3 is 1. The molecule has 2 heterocycles. The molecule has 0 amide bonds. The molecule has 4 rings (SSSR count). The summed E-state index contributed by atoms with van der Waals surface area (Å²) in [6.45, 7) is 4.96. The van der Waals surface area contributed by atoms with Crippen molar-refractivity contribution < 1.29 is 21.9 Å². The quantitative estimate of drug-likeness (QED) is 0.325. The largest absolute Gasteiger partial charge is 0.495 e. The molecular weight excluding hydrogens is 548 g/mol. The molecule has 0 aliphatic carbocycles. The molecule has 1 aliphatic heterocycles. The highest BCUT2D eigenvalue weighted by molar-refractivity contribution is 7.92. The van der Waals surface area contributed by atoms with E-state index in [1.807, 2.05) is 12.1 Å². The minimum Gasteiger partial charge on any atom is -0.495 e. The number of benzene rings is 2. The summed E-state index contributed by atoms with van der Waals surface area (Å²) in [4.78, 5) is 10.7. The first-order chi connectivity index (χ1) is 18.4. The fourth-order valence-corrected chi connectivity index (χ4v) is 5.79. The van der Waals surface area contributed by atoms with Gasteiger partial charge >= 0.3 is 0 Å². The maximum absolute atomic E-state index is 13.6. The lowest BCUT2D eigenvalue weighted by atomic mass is 10.0. The third kappa shape index (κ3) is 6.95. The summed E-state index contributed by atoms with van der Waals surface area (Å²) in [5.74, 6) is -1.75. The smallest absolute Gasteiger partial charge is 0.257 e. The Hall–Kier alpha value is -3.02. The van der Waals surface area contributed by atoms with E-state index < -0.39 is 21.0 Å². The Morgan fingerprint density at radius 3 is 2.41 bits per heavy atom. The Balaban J connectivity index is 1.60. The Labute approximate surface area is 232 Å². The summed E-state index contributed by atoms with van der Waals surface area (Å²) < 4.78 is 58.5. The molecule has 12 heteroatoms. The Morgan fingerprint density at radius 1 is 1.10 bits per heavy atom. The number of alkyl halides is 2. The molecule has 0 spiro atoms. The maximum Gasteiger partial charge on any atom is 0.257 e. The van der Waals surface area contributed by atoms with Gasteiger partial charge in [-0.15, -0.1) is 0 Å². The second-order valence-electron chi connectivity index (χ2n) is 9.90. The van der Waals surface area contributed by atoms with Crippen LogP contribution in [0.5, 0.6) is 5.75 Å². The number of para-hydroxylation sites is 1. The summed E-state index contributed by atoms with van der Waals surface area (Å²) in [6, 6.07) is 10.4. The topological polar surface area (TPSA) is 96.4 Å². The van der Waals surface area contributed by atoms with Crippen molar-refractivity contribution in [2.24, 2.45) is 0 Å². The molecule has 210 valence electrons. The summed E-state index contributed by atoms with van der Waals surface area (Å²) in [5.41, 5.74) is 3.03. The zero-order valence-electron chi connectivity index (χ0n) is 22.3. The minimum absolute atomic E-state index is 0.145. The van der Waals surface area contributed by atoms with Crippen molar-refractivity contribution in [2.75, 3.05) is 37.4 Å². The van der Waals surface area contributed by atoms with Crippen molar-refractivity contribution in [1.82, 2.24) is 14.9 Å². The van der Waals surface area contributed by atoms with Gasteiger partial charge in [0.1, 0.15) is 10.8 Å². The van der Waals surface area contributed by atoms with Gasteiger partial charge in [0.15, 0.2) is 15.7 Å². The average molecular weight is 580 g/mol. The molecule has 0 radical (unpaired) electrons. The van der Waals surface area contributed by atoms with Crippen LogP contribution in [0.25, 0.3) is 0 Å². The van der Waals surface area contributed by atoms with Gasteiger partial charge in [-0.1, -0.05) is 23.7 Å². The number of anilines is 4. The van der Waals surface area contributed by atoms with E-state index >= 15 is 0 Å². The molecule has 3 aromatic rings. The van der Waals surface area contributed by atoms with Crippen LogP contribution in [-0.2, 0) is 22.7 Å². The number of ether oxygens (including phenoxy) is 1. The van der Waals surface area contributed by atoms with E-state index in [9.17, 15) is 17.2 Å². The standard InChI is InChI=1S/C27H32ClF2N5O3S/c1-17(2)39(36,37)24-8-6-5-7-21(24)32-25-20(28)15-31-26(34-25)33-22-13-18-9-11-35(16-27(3,29)30)12-10-19(18)14-23(22)38-4/h5-8,13-15,17H,9-12,16H2,1-4H3,(H2,31,32,33,34). The van der Waals surface area contributed by atoms with Crippen molar-refractivity contribution in [3.63, 3.8) is 0 Å². The van der Waals surface area contributed by atoms with Gasteiger partial charge in [-0.25, -0.2) is 22.2 Å². The lowest BCUT2D eigenvalue weighted by Gasteiger charge is -2.23. The second-order valence-corrected chi connectivity index (χ2v) is 12.8. The number of nitrogens with one attached hydrogen (secondary N) is 2. The van der Waals surface area contributed by atoms with Crippen LogP contribution in [0.4, 0.5) is 31.9 Å². The monoisotopic (exact) mass is 579 g/mol. The number of nitrogens with zero attached hydrogens (tertiary/aromatic N) is 3. The normalized spacial score (nSPS) is 14.6. The van der Waals surface area contributed by atoms with Crippen LogP contribution in [0.3, 0.4) is 0 Å². The van der Waals surface area contributed by atoms with E-state index in [-0.39, 0.29) is 28.2 Å². The van der Waals surface area contributed by atoms with Gasteiger partial charge in [0, 0.05) is 20.0 Å². The van der Waals surface area contributed by atoms with Crippen LogP contribution in [0.15, 0.2) is 47.5 Å². The molecule has 8 nitrogen and oxygen atoms in total. The molecule has 39 heavy (non-hydrogen) atoms. The molecule has 0 saturated heterocycles. The van der Waals surface area contributed by atoms with Gasteiger partial charge in [0.2, 0.25) is 5.95 Å². The highest BCUT2D eigenvalue weighted by atomic mass is 35.5. The van der Waals surface area contributed by atoms with Crippen LogP contribution in [0, 0.1) is 0 Å². The Bertz CT molecular complexity index is 1450. The second kappa shape index (κ2) is 11.6. The SMILES string of the molecule is COc1cc2c(cc1Nc1ncc(Cl)c(Nc3ccccc3S(=O)(=O)C(C)C)n1)CCN(CC(C)(F)F)CC2. The third-order valence-electron chi connectivity index (χ3n) is 6.48. The molecule has 1 aliphatic rings. The third-order valence-corrected chi connectivity index (χ3v) is 8.96. The van der Waals surface area contributed by atoms with Gasteiger partial charge in [-0.05, 0) is 62.1 Å². The first-order valence-electron chi connectivity index (χ1n) is 12.6. The predicted molar refractivity (Wildman–Crippen MR) is 150 cm³/mol. The van der Waals surface area contributed by atoms with E-state index in [0.29, 0.717) is 43.1 Å². The van der Waals surface area contributed by atoms with Crippen molar-refractivity contribution in [2.45, 2.75) is 49.7 Å². The van der Waals surface area contributed by atoms with E-state index in [4.69, 9.17) is 16.3 Å². The molecular formula is C27H32ClF2N5O3S. The van der Waals surface area contributed by atoms with Gasteiger partial charge in [-0.3, -0.25) is 4.90 Å². The van der Waals surface area contributed by atoms with E-state index in [1.165, 1.54) is 12.3 Å². The van der Waals surface area contributed by atoms with Crippen molar-refractivity contribution >= 4 is 44.6 Å². The number of hydrogen-bond donors (Lipinski definition) is 2. The first-order valence-corrected chi connectivity index (χ1v) is 14.5. The first kappa shape index (κ1) is 29.0. The van der Waals surface area contributed by atoms with Crippen molar-refractivity contribution in [3.05, 3.63) is 58.7 Å². The molecule has 2 aromatic carbocycles. The molecule has 2 N–H and O–H groups in total. The predicted octanol–water partition coefficient (Wildman–Crippen LogP) is 5.86. The van der Waals surface area contributed by atoms with Crippen LogP contribution >= 0.6 is 11.6 Å². The fourth-order valence-electron chi connectivity index (χ4n) is 4.45. The number of fused-ring (bicyclic) bond motifs is 1. The van der Waals surface area contributed by atoms with Crippen molar-refractivity contribution in [3.8, 4) is 5.75 Å². The Morgan fingerprint density at radius 2 is 1.77 bits per heavy atom. The number of aromatic nitrogens is 2. The number of hydrogen-bond acceptors (Lipinski definition) is 8. The van der Waals surface area contributed by atoms with Crippen LogP contribution in [0.2, 0.25) is 5.02 Å². The van der Waals surface area contributed by atoms with E-state index in [2.05, 4.69) is 20.6 Å².